The molecule has 2 aliphatic heterocycles. The van der Waals surface area contributed by atoms with Crippen molar-refractivity contribution in [3.63, 3.8) is 0 Å². The van der Waals surface area contributed by atoms with E-state index in [4.69, 9.17) is 28.1 Å². The third-order valence-electron chi connectivity index (χ3n) is 6.70. The molecule has 6 rings (SSSR count). The van der Waals surface area contributed by atoms with Crippen molar-refractivity contribution in [2.75, 3.05) is 27.7 Å². The molecule has 0 saturated carbocycles. The summed E-state index contributed by atoms with van der Waals surface area (Å²) >= 11 is 0. The van der Waals surface area contributed by atoms with Gasteiger partial charge >= 0.3 is 5.63 Å². The molecule has 0 N–H and O–H groups in total. The summed E-state index contributed by atoms with van der Waals surface area (Å²) in [6.45, 7) is 3.85. The molecule has 0 amide bonds. The van der Waals surface area contributed by atoms with E-state index in [2.05, 4.69) is 4.90 Å². The average Bonchev–Trinajstić information content (AvgIpc) is 3.36. The predicted octanol–water partition coefficient (Wildman–Crippen LogP) is 4.87. The van der Waals surface area contributed by atoms with Crippen LogP contribution >= 0.6 is 0 Å². The van der Waals surface area contributed by atoms with Crippen LogP contribution in [0, 0.1) is 6.92 Å². The molecule has 36 heavy (non-hydrogen) atoms. The van der Waals surface area contributed by atoms with Gasteiger partial charge in [-0.2, -0.15) is 0 Å². The summed E-state index contributed by atoms with van der Waals surface area (Å²) in [5.41, 5.74) is 4.13. The normalized spacial score (nSPS) is 14.4. The fraction of sp³-hybridized carbons (Fsp3) is 0.250. The van der Waals surface area contributed by atoms with E-state index in [9.17, 15) is 4.79 Å². The molecule has 0 unspecified atom stereocenters. The van der Waals surface area contributed by atoms with E-state index < -0.39 is 5.63 Å². The average molecular weight is 488 g/mol. The van der Waals surface area contributed by atoms with Gasteiger partial charge in [-0.3, -0.25) is 4.90 Å². The van der Waals surface area contributed by atoms with Crippen LogP contribution in [0.3, 0.4) is 0 Å². The van der Waals surface area contributed by atoms with Gasteiger partial charge in [0.2, 0.25) is 6.79 Å². The maximum absolute atomic E-state index is 13.3. The first-order valence-electron chi connectivity index (χ1n) is 11.6. The maximum atomic E-state index is 13.3. The quantitative estimate of drug-likeness (QED) is 0.369. The second-order valence-electron chi connectivity index (χ2n) is 8.83. The Hall–Kier alpha value is -4.17. The highest BCUT2D eigenvalue weighted by molar-refractivity contribution is 5.90. The minimum atomic E-state index is -0.409. The second-order valence-corrected chi connectivity index (χ2v) is 8.83. The van der Waals surface area contributed by atoms with Crippen molar-refractivity contribution in [1.82, 2.24) is 4.90 Å². The summed E-state index contributed by atoms with van der Waals surface area (Å²) in [5.74, 6) is 3.38. The standard InChI is InChI=1S/C28H25NO7/c1-16-19-6-9-21-20(13-29(14-33-21)12-17-4-7-23-25(10-17)35-15-34-23)27(19)36-28(30)26(16)18-5-8-22(31-2)24(11-18)32-3/h4-11H,12-15H2,1-3H3. The third-order valence-corrected chi connectivity index (χ3v) is 6.70. The Morgan fingerprint density at radius 1 is 0.889 bits per heavy atom. The van der Waals surface area contributed by atoms with Gasteiger partial charge in [0, 0.05) is 18.5 Å². The predicted molar refractivity (Wildman–Crippen MR) is 133 cm³/mol. The lowest BCUT2D eigenvalue weighted by molar-refractivity contribution is 0.0889. The Balaban J connectivity index is 1.36. The second kappa shape index (κ2) is 8.80. The molecule has 1 aromatic heterocycles. The Kier molecular flexibility index (Phi) is 5.45. The van der Waals surface area contributed by atoms with Crippen LogP contribution in [0.15, 0.2) is 57.7 Å². The zero-order valence-electron chi connectivity index (χ0n) is 20.3. The molecular weight excluding hydrogens is 462 g/mol. The minimum absolute atomic E-state index is 0.245. The molecule has 8 nitrogen and oxygen atoms in total. The molecule has 0 saturated heterocycles. The molecule has 0 radical (unpaired) electrons. The first-order chi connectivity index (χ1) is 17.6. The third kappa shape index (κ3) is 3.70. The summed E-state index contributed by atoms with van der Waals surface area (Å²) in [5, 5.41) is 0.867. The topological polar surface area (TPSA) is 79.6 Å². The highest BCUT2D eigenvalue weighted by Crippen LogP contribution is 2.38. The van der Waals surface area contributed by atoms with Gasteiger partial charge in [-0.25, -0.2) is 4.79 Å². The van der Waals surface area contributed by atoms with Crippen LogP contribution in [0.1, 0.15) is 16.7 Å². The zero-order chi connectivity index (χ0) is 24.8. The molecule has 0 fully saturated rings. The van der Waals surface area contributed by atoms with Crippen LogP contribution in [0.2, 0.25) is 0 Å². The lowest BCUT2D eigenvalue weighted by Gasteiger charge is -2.29. The van der Waals surface area contributed by atoms with Gasteiger partial charge in [0.05, 0.1) is 25.3 Å². The van der Waals surface area contributed by atoms with Crippen LogP contribution < -0.4 is 29.3 Å². The Morgan fingerprint density at radius 2 is 1.69 bits per heavy atom. The van der Waals surface area contributed by atoms with E-state index in [1.165, 1.54) is 0 Å². The Bertz CT molecular complexity index is 1540. The molecule has 3 heterocycles. The Labute approximate surface area is 207 Å². The number of nitrogens with zero attached hydrogens (tertiary/aromatic N) is 1. The number of aryl methyl sites for hydroxylation is 1. The van der Waals surface area contributed by atoms with E-state index in [1.54, 1.807) is 26.4 Å². The molecule has 0 atom stereocenters. The highest BCUT2D eigenvalue weighted by atomic mass is 16.7. The smallest absolute Gasteiger partial charge is 0.344 e. The molecule has 184 valence electrons. The lowest BCUT2D eigenvalue weighted by atomic mass is 9.97. The van der Waals surface area contributed by atoms with Crippen molar-refractivity contribution in [1.29, 1.82) is 0 Å². The number of rotatable bonds is 5. The lowest BCUT2D eigenvalue weighted by Crippen LogP contribution is -2.31. The van der Waals surface area contributed by atoms with Gasteiger partial charge in [0.25, 0.3) is 0 Å². The Morgan fingerprint density at radius 3 is 2.53 bits per heavy atom. The van der Waals surface area contributed by atoms with E-state index in [0.29, 0.717) is 48.0 Å². The fourth-order valence-electron chi connectivity index (χ4n) is 4.89. The number of methoxy groups -OCH3 is 2. The van der Waals surface area contributed by atoms with Crippen molar-refractivity contribution in [2.45, 2.75) is 20.0 Å². The van der Waals surface area contributed by atoms with Crippen LogP contribution in [0.4, 0.5) is 0 Å². The minimum Gasteiger partial charge on any atom is -0.493 e. The fourth-order valence-corrected chi connectivity index (χ4v) is 4.89. The summed E-state index contributed by atoms with van der Waals surface area (Å²) < 4.78 is 33.7. The van der Waals surface area contributed by atoms with Gasteiger partial charge in [0.15, 0.2) is 23.0 Å². The summed E-state index contributed by atoms with van der Waals surface area (Å²) in [6.07, 6.45) is 0. The zero-order valence-corrected chi connectivity index (χ0v) is 20.3. The van der Waals surface area contributed by atoms with E-state index in [1.807, 2.05) is 43.3 Å². The summed E-state index contributed by atoms with van der Waals surface area (Å²) in [4.78, 5) is 15.4. The van der Waals surface area contributed by atoms with Crippen LogP contribution in [0.5, 0.6) is 28.7 Å². The van der Waals surface area contributed by atoms with Crippen molar-refractivity contribution >= 4 is 11.0 Å². The number of ether oxygens (including phenoxy) is 5. The number of fused-ring (bicyclic) bond motifs is 4. The van der Waals surface area contributed by atoms with E-state index >= 15 is 0 Å². The van der Waals surface area contributed by atoms with Gasteiger partial charge < -0.3 is 28.1 Å². The molecule has 4 aromatic rings. The van der Waals surface area contributed by atoms with Crippen LogP contribution in [-0.2, 0) is 13.1 Å². The van der Waals surface area contributed by atoms with Crippen molar-refractivity contribution in [3.8, 4) is 39.9 Å². The molecule has 3 aromatic carbocycles. The number of benzene rings is 3. The maximum Gasteiger partial charge on any atom is 0.344 e. The number of hydrogen-bond donors (Lipinski definition) is 0. The molecule has 0 bridgehead atoms. The van der Waals surface area contributed by atoms with Gasteiger partial charge in [-0.15, -0.1) is 0 Å². The molecular formula is C28H25NO7. The van der Waals surface area contributed by atoms with Gasteiger partial charge in [-0.05, 0) is 60.0 Å². The molecule has 0 aliphatic carbocycles. The largest absolute Gasteiger partial charge is 0.493 e. The van der Waals surface area contributed by atoms with E-state index in [-0.39, 0.29) is 6.79 Å². The van der Waals surface area contributed by atoms with Crippen LogP contribution in [-0.4, -0.2) is 32.6 Å². The van der Waals surface area contributed by atoms with E-state index in [0.717, 1.165) is 39.3 Å². The molecule has 8 heteroatoms. The van der Waals surface area contributed by atoms with Gasteiger partial charge in [0.1, 0.15) is 18.1 Å². The monoisotopic (exact) mass is 487 g/mol. The first-order valence-corrected chi connectivity index (χ1v) is 11.6. The van der Waals surface area contributed by atoms with Crippen molar-refractivity contribution in [3.05, 3.63) is 75.6 Å². The molecule has 0 spiro atoms. The molecule has 2 aliphatic rings. The van der Waals surface area contributed by atoms with Gasteiger partial charge in [-0.1, -0.05) is 12.1 Å². The van der Waals surface area contributed by atoms with Crippen LogP contribution in [0.25, 0.3) is 22.1 Å². The summed E-state index contributed by atoms with van der Waals surface area (Å²) in [6, 6.07) is 15.2. The summed E-state index contributed by atoms with van der Waals surface area (Å²) in [7, 11) is 3.15. The van der Waals surface area contributed by atoms with Crippen molar-refractivity contribution in [2.24, 2.45) is 0 Å². The first kappa shape index (κ1) is 22.3. The van der Waals surface area contributed by atoms with Crippen molar-refractivity contribution < 1.29 is 28.1 Å². The highest BCUT2D eigenvalue weighted by Gasteiger charge is 2.25. The SMILES string of the molecule is COc1ccc(-c2c(C)c3ccc4c(c3oc2=O)CN(Cc2ccc3c(c2)OCO3)CO4)cc1OC. The number of hydrogen-bond acceptors (Lipinski definition) is 8.